The molecular weight excluding hydrogens is 298 g/mol. The van der Waals surface area contributed by atoms with Crippen molar-refractivity contribution >= 4 is 21.9 Å². The molecule has 0 bridgehead atoms. The number of carbonyl (C=O) groups is 1. The maximum absolute atomic E-state index is 12.8. The molecule has 0 atom stereocenters. The Bertz CT molecular complexity index is 427. The summed E-state index contributed by atoms with van der Waals surface area (Å²) in [5.41, 5.74) is 5.57. The zero-order chi connectivity index (χ0) is 13.0. The van der Waals surface area contributed by atoms with Crippen LogP contribution in [0.15, 0.2) is 10.7 Å². The van der Waals surface area contributed by atoms with Crippen molar-refractivity contribution in [2.45, 2.75) is 19.4 Å². The van der Waals surface area contributed by atoms with Crippen LogP contribution in [0.5, 0.6) is 0 Å². The first-order valence-electron chi connectivity index (χ1n) is 4.72. The molecule has 0 saturated carbocycles. The molecule has 94 valence electrons. The molecule has 1 aromatic rings. The Morgan fingerprint density at radius 1 is 1.65 bits per heavy atom. The number of rotatable bonds is 4. The van der Waals surface area contributed by atoms with Gasteiger partial charge in [-0.2, -0.15) is 0 Å². The Kier molecular flexibility index (Phi) is 4.95. The number of hydrogen-bond donors (Lipinski definition) is 1. The summed E-state index contributed by atoms with van der Waals surface area (Å²) in [5.74, 6) is -0.606. The third-order valence-corrected chi connectivity index (χ3v) is 2.60. The summed E-state index contributed by atoms with van der Waals surface area (Å²) in [6.45, 7) is -0.0223. The third-order valence-electron chi connectivity index (χ3n) is 2.19. The maximum atomic E-state index is 12.8. The number of ether oxygens (including phenoxy) is 1. The van der Waals surface area contributed by atoms with Gasteiger partial charge in [-0.05, 0) is 27.6 Å². The molecule has 0 radical (unpaired) electrons. The van der Waals surface area contributed by atoms with Crippen molar-refractivity contribution in [3.05, 3.63) is 27.5 Å². The standard InChI is InChI=1S/C10H11BrF2N2O2/c1-17-9(16)3-5-6(10(12)13)2-8(11)15-7(5)4-14/h2,10H,3-4,14H2,1H3. The number of nitrogens with two attached hydrogens (primary N) is 1. The first kappa shape index (κ1) is 14.0. The summed E-state index contributed by atoms with van der Waals surface area (Å²) >= 11 is 3.02. The van der Waals surface area contributed by atoms with Crippen LogP contribution < -0.4 is 5.73 Å². The Morgan fingerprint density at radius 3 is 2.76 bits per heavy atom. The fourth-order valence-corrected chi connectivity index (χ4v) is 1.86. The number of aromatic nitrogens is 1. The Balaban J connectivity index is 3.26. The maximum Gasteiger partial charge on any atom is 0.310 e. The van der Waals surface area contributed by atoms with Crippen LogP contribution in [-0.2, 0) is 22.5 Å². The van der Waals surface area contributed by atoms with Crippen LogP contribution in [0.4, 0.5) is 8.78 Å². The van der Waals surface area contributed by atoms with Crippen LogP contribution >= 0.6 is 15.9 Å². The molecule has 7 heteroatoms. The van der Waals surface area contributed by atoms with Gasteiger partial charge in [0, 0.05) is 12.1 Å². The van der Waals surface area contributed by atoms with Gasteiger partial charge in [-0.15, -0.1) is 0 Å². The largest absolute Gasteiger partial charge is 0.469 e. The summed E-state index contributed by atoms with van der Waals surface area (Å²) in [7, 11) is 1.19. The zero-order valence-electron chi connectivity index (χ0n) is 9.04. The molecule has 0 aliphatic rings. The number of alkyl halides is 2. The predicted molar refractivity (Wildman–Crippen MR) is 60.5 cm³/mol. The van der Waals surface area contributed by atoms with E-state index < -0.39 is 12.4 Å². The van der Waals surface area contributed by atoms with E-state index in [4.69, 9.17) is 5.73 Å². The van der Waals surface area contributed by atoms with Crippen molar-refractivity contribution in [3.8, 4) is 0 Å². The van der Waals surface area contributed by atoms with Crippen LogP contribution in [0.2, 0.25) is 0 Å². The highest BCUT2D eigenvalue weighted by Gasteiger charge is 2.20. The third kappa shape index (κ3) is 3.44. The lowest BCUT2D eigenvalue weighted by Crippen LogP contribution is -2.14. The first-order valence-corrected chi connectivity index (χ1v) is 5.52. The van der Waals surface area contributed by atoms with E-state index in [2.05, 4.69) is 25.7 Å². The van der Waals surface area contributed by atoms with Gasteiger partial charge in [0.2, 0.25) is 0 Å². The molecule has 4 nitrogen and oxygen atoms in total. The summed E-state index contributed by atoms with van der Waals surface area (Å²) < 4.78 is 30.4. The summed E-state index contributed by atoms with van der Waals surface area (Å²) in [4.78, 5) is 15.1. The molecule has 0 amide bonds. The van der Waals surface area contributed by atoms with Crippen molar-refractivity contribution in [2.75, 3.05) is 7.11 Å². The molecular formula is C10H11BrF2N2O2. The Hall–Kier alpha value is -1.08. The highest BCUT2D eigenvalue weighted by atomic mass is 79.9. The van der Waals surface area contributed by atoms with E-state index in [0.717, 1.165) is 0 Å². The topological polar surface area (TPSA) is 65.2 Å². The van der Waals surface area contributed by atoms with Gasteiger partial charge in [-0.1, -0.05) is 0 Å². The van der Waals surface area contributed by atoms with E-state index in [1.165, 1.54) is 13.2 Å². The average molecular weight is 309 g/mol. The molecule has 2 N–H and O–H groups in total. The number of halogens is 3. The van der Waals surface area contributed by atoms with E-state index in [-0.39, 0.29) is 34.4 Å². The molecule has 0 aliphatic heterocycles. The normalized spacial score (nSPS) is 10.7. The van der Waals surface area contributed by atoms with Gasteiger partial charge >= 0.3 is 5.97 Å². The minimum Gasteiger partial charge on any atom is -0.469 e. The molecule has 17 heavy (non-hydrogen) atoms. The Morgan fingerprint density at radius 2 is 2.29 bits per heavy atom. The number of methoxy groups -OCH3 is 1. The van der Waals surface area contributed by atoms with E-state index in [9.17, 15) is 13.6 Å². The van der Waals surface area contributed by atoms with Crippen LogP contribution in [0, 0.1) is 0 Å². The highest BCUT2D eigenvalue weighted by Crippen LogP contribution is 2.28. The van der Waals surface area contributed by atoms with Crippen molar-refractivity contribution in [1.82, 2.24) is 4.98 Å². The molecule has 1 rings (SSSR count). The molecule has 0 aromatic carbocycles. The van der Waals surface area contributed by atoms with Crippen LogP contribution in [-0.4, -0.2) is 18.1 Å². The second kappa shape index (κ2) is 6.02. The van der Waals surface area contributed by atoms with Gasteiger partial charge in [-0.25, -0.2) is 13.8 Å². The van der Waals surface area contributed by atoms with E-state index >= 15 is 0 Å². The van der Waals surface area contributed by atoms with Crippen LogP contribution in [0.3, 0.4) is 0 Å². The molecule has 1 heterocycles. The van der Waals surface area contributed by atoms with Crippen molar-refractivity contribution in [2.24, 2.45) is 5.73 Å². The minimum absolute atomic E-state index is 0.0223. The van der Waals surface area contributed by atoms with Gasteiger partial charge in [0.15, 0.2) is 0 Å². The number of hydrogen-bond acceptors (Lipinski definition) is 4. The SMILES string of the molecule is COC(=O)Cc1c(C(F)F)cc(Br)nc1CN. The number of carbonyl (C=O) groups excluding carboxylic acids is 1. The molecule has 1 aromatic heterocycles. The first-order chi connectivity index (χ1) is 7.99. The second-order valence-electron chi connectivity index (χ2n) is 3.22. The lowest BCUT2D eigenvalue weighted by Gasteiger charge is -2.12. The van der Waals surface area contributed by atoms with Crippen molar-refractivity contribution in [1.29, 1.82) is 0 Å². The second-order valence-corrected chi connectivity index (χ2v) is 4.03. The number of nitrogens with zero attached hydrogens (tertiary/aromatic N) is 1. The summed E-state index contributed by atoms with van der Waals surface area (Å²) in [6.07, 6.45) is -2.96. The van der Waals surface area contributed by atoms with Crippen molar-refractivity contribution in [3.63, 3.8) is 0 Å². The average Bonchev–Trinajstić information content (AvgIpc) is 2.30. The quantitative estimate of drug-likeness (QED) is 0.682. The minimum atomic E-state index is -2.70. The highest BCUT2D eigenvalue weighted by molar-refractivity contribution is 9.10. The fourth-order valence-electron chi connectivity index (χ4n) is 1.39. The lowest BCUT2D eigenvalue weighted by molar-refractivity contribution is -0.139. The van der Waals surface area contributed by atoms with Gasteiger partial charge < -0.3 is 10.5 Å². The monoisotopic (exact) mass is 308 g/mol. The smallest absolute Gasteiger partial charge is 0.310 e. The molecule has 0 fully saturated rings. The fraction of sp³-hybridized carbons (Fsp3) is 0.400. The summed E-state index contributed by atoms with van der Waals surface area (Å²) in [6, 6.07) is 1.18. The molecule has 0 aliphatic carbocycles. The van der Waals surface area contributed by atoms with Gasteiger partial charge in [0.1, 0.15) is 4.60 Å². The van der Waals surface area contributed by atoms with Gasteiger partial charge in [-0.3, -0.25) is 4.79 Å². The van der Waals surface area contributed by atoms with Crippen LogP contribution in [0.25, 0.3) is 0 Å². The van der Waals surface area contributed by atoms with Crippen molar-refractivity contribution < 1.29 is 18.3 Å². The van der Waals surface area contributed by atoms with E-state index in [1.807, 2.05) is 0 Å². The van der Waals surface area contributed by atoms with E-state index in [0.29, 0.717) is 0 Å². The van der Waals surface area contributed by atoms with Gasteiger partial charge in [0.05, 0.1) is 19.2 Å². The van der Waals surface area contributed by atoms with Crippen LogP contribution in [0.1, 0.15) is 23.2 Å². The zero-order valence-corrected chi connectivity index (χ0v) is 10.6. The molecule has 0 spiro atoms. The van der Waals surface area contributed by atoms with E-state index in [1.54, 1.807) is 0 Å². The summed E-state index contributed by atoms with van der Waals surface area (Å²) in [5, 5.41) is 0. The molecule has 0 saturated heterocycles. The Labute approximate surface area is 105 Å². The molecule has 0 unspecified atom stereocenters. The lowest BCUT2D eigenvalue weighted by atomic mass is 10.0. The predicted octanol–water partition coefficient (Wildman–Crippen LogP) is 1.96. The number of esters is 1. The van der Waals surface area contributed by atoms with Gasteiger partial charge in [0.25, 0.3) is 6.43 Å². The number of pyridine rings is 1.